The van der Waals surface area contributed by atoms with Gasteiger partial charge in [0.2, 0.25) is 5.88 Å². The van der Waals surface area contributed by atoms with Gasteiger partial charge in [0, 0.05) is 30.9 Å². The van der Waals surface area contributed by atoms with E-state index in [1.165, 1.54) is 12.1 Å². The van der Waals surface area contributed by atoms with Gasteiger partial charge in [-0.25, -0.2) is 9.18 Å². The Bertz CT molecular complexity index is 820. The smallest absolute Gasteiger partial charge is 0.404 e. The maximum atomic E-state index is 13.3. The third-order valence-corrected chi connectivity index (χ3v) is 5.88. The van der Waals surface area contributed by atoms with Crippen LogP contribution in [0.2, 0.25) is 0 Å². The molecule has 154 valence electrons. The number of benzene rings is 1. The van der Waals surface area contributed by atoms with Crippen LogP contribution in [0.4, 0.5) is 9.18 Å². The normalized spacial score (nSPS) is 27.5. The summed E-state index contributed by atoms with van der Waals surface area (Å²) < 4.78 is 19.6. The van der Waals surface area contributed by atoms with Gasteiger partial charge in [0.05, 0.1) is 0 Å². The SMILES string of the molecule is O=C(O)NC1CCCN(C2CC(c3ccc(F)cc3)CC2Oc2cccnn2)C1. The van der Waals surface area contributed by atoms with Crippen molar-refractivity contribution in [2.24, 2.45) is 0 Å². The van der Waals surface area contributed by atoms with Crippen molar-refractivity contribution in [1.29, 1.82) is 0 Å². The predicted octanol–water partition coefficient (Wildman–Crippen LogP) is 3.04. The molecule has 4 atom stereocenters. The molecule has 1 amide bonds. The Morgan fingerprint density at radius 2 is 2.07 bits per heavy atom. The molecule has 29 heavy (non-hydrogen) atoms. The number of nitrogens with zero attached hydrogens (tertiary/aromatic N) is 3. The first kappa shape index (κ1) is 19.6. The minimum absolute atomic E-state index is 0.0803. The molecular weight excluding hydrogens is 375 g/mol. The number of carbonyl (C=O) groups is 1. The van der Waals surface area contributed by atoms with Crippen LogP contribution in [-0.2, 0) is 0 Å². The number of rotatable bonds is 5. The molecule has 1 saturated heterocycles. The van der Waals surface area contributed by atoms with E-state index in [0.717, 1.165) is 37.8 Å². The number of likely N-dealkylation sites (tertiary alicyclic amines) is 1. The van der Waals surface area contributed by atoms with Crippen LogP contribution in [0.15, 0.2) is 42.6 Å². The van der Waals surface area contributed by atoms with Crippen molar-refractivity contribution in [2.45, 2.75) is 49.8 Å². The third-order valence-electron chi connectivity index (χ3n) is 5.88. The molecular formula is C21H25FN4O3. The van der Waals surface area contributed by atoms with Gasteiger partial charge in [0.25, 0.3) is 0 Å². The fraction of sp³-hybridized carbons (Fsp3) is 0.476. The van der Waals surface area contributed by atoms with Crippen LogP contribution in [0.3, 0.4) is 0 Å². The van der Waals surface area contributed by atoms with E-state index in [2.05, 4.69) is 20.4 Å². The molecule has 1 aliphatic heterocycles. The molecule has 1 aromatic carbocycles. The monoisotopic (exact) mass is 400 g/mol. The number of hydrogen-bond acceptors (Lipinski definition) is 5. The highest BCUT2D eigenvalue weighted by atomic mass is 19.1. The van der Waals surface area contributed by atoms with Gasteiger partial charge in [-0.2, -0.15) is 5.10 Å². The largest absolute Gasteiger partial charge is 0.472 e. The van der Waals surface area contributed by atoms with Gasteiger partial charge < -0.3 is 15.2 Å². The van der Waals surface area contributed by atoms with Crippen molar-refractivity contribution >= 4 is 6.09 Å². The molecule has 1 aromatic heterocycles. The Morgan fingerprint density at radius 3 is 2.79 bits per heavy atom. The van der Waals surface area contributed by atoms with Gasteiger partial charge in [-0.05, 0) is 61.9 Å². The van der Waals surface area contributed by atoms with Crippen molar-refractivity contribution in [2.75, 3.05) is 13.1 Å². The lowest BCUT2D eigenvalue weighted by Crippen LogP contribution is -2.53. The zero-order valence-electron chi connectivity index (χ0n) is 16.1. The molecule has 2 aromatic rings. The number of nitrogens with one attached hydrogen (secondary N) is 1. The number of halogens is 1. The summed E-state index contributed by atoms with van der Waals surface area (Å²) in [7, 11) is 0. The Hall–Kier alpha value is -2.74. The summed E-state index contributed by atoms with van der Waals surface area (Å²) in [6, 6.07) is 10.3. The van der Waals surface area contributed by atoms with Crippen LogP contribution < -0.4 is 10.1 Å². The van der Waals surface area contributed by atoms with Crippen LogP contribution in [0.5, 0.6) is 5.88 Å². The number of carboxylic acid groups (broad SMARTS) is 1. The highest BCUT2D eigenvalue weighted by Gasteiger charge is 2.41. The zero-order chi connectivity index (χ0) is 20.2. The average molecular weight is 400 g/mol. The summed E-state index contributed by atoms with van der Waals surface area (Å²) in [4.78, 5) is 13.4. The standard InChI is InChI=1S/C21H25FN4O3/c22-16-7-5-14(6-8-16)15-11-18(19(12-15)29-20-4-1-9-23-25-20)26-10-2-3-17(13-26)24-21(27)28/h1,4-9,15,17-19,24H,2-3,10-13H2,(H,27,28). The summed E-state index contributed by atoms with van der Waals surface area (Å²) in [6.45, 7) is 1.56. The average Bonchev–Trinajstić information content (AvgIpc) is 3.13. The van der Waals surface area contributed by atoms with E-state index in [1.54, 1.807) is 18.3 Å². The second kappa shape index (κ2) is 8.73. The molecule has 2 aliphatic rings. The fourth-order valence-electron chi connectivity index (χ4n) is 4.60. The summed E-state index contributed by atoms with van der Waals surface area (Å²) in [5.41, 5.74) is 1.10. The predicted molar refractivity (Wildman–Crippen MR) is 104 cm³/mol. The van der Waals surface area contributed by atoms with Gasteiger partial charge in [-0.1, -0.05) is 12.1 Å². The van der Waals surface area contributed by atoms with Crippen molar-refractivity contribution in [3.63, 3.8) is 0 Å². The minimum atomic E-state index is -0.986. The topological polar surface area (TPSA) is 87.6 Å². The van der Waals surface area contributed by atoms with E-state index < -0.39 is 6.09 Å². The van der Waals surface area contributed by atoms with Crippen molar-refractivity contribution in [3.05, 3.63) is 54.0 Å². The van der Waals surface area contributed by atoms with E-state index in [4.69, 9.17) is 9.84 Å². The second-order valence-electron chi connectivity index (χ2n) is 7.79. The van der Waals surface area contributed by atoms with Crippen LogP contribution in [0, 0.1) is 5.82 Å². The maximum Gasteiger partial charge on any atom is 0.404 e. The summed E-state index contributed by atoms with van der Waals surface area (Å²) in [5, 5.41) is 19.6. The number of aromatic nitrogens is 2. The number of ether oxygens (including phenoxy) is 1. The lowest BCUT2D eigenvalue weighted by atomic mass is 9.97. The molecule has 1 saturated carbocycles. The molecule has 1 aliphatic carbocycles. The first-order valence-electron chi connectivity index (χ1n) is 10.0. The van der Waals surface area contributed by atoms with Gasteiger partial charge in [0.1, 0.15) is 11.9 Å². The van der Waals surface area contributed by atoms with E-state index in [-0.39, 0.29) is 29.9 Å². The molecule has 7 nitrogen and oxygen atoms in total. The number of hydrogen-bond donors (Lipinski definition) is 2. The Labute approximate surface area is 168 Å². The molecule has 0 radical (unpaired) electrons. The number of piperidine rings is 1. The van der Waals surface area contributed by atoms with Crippen LogP contribution in [0.1, 0.15) is 37.2 Å². The van der Waals surface area contributed by atoms with E-state index in [9.17, 15) is 9.18 Å². The molecule has 0 bridgehead atoms. The van der Waals surface area contributed by atoms with Gasteiger partial charge in [-0.3, -0.25) is 4.90 Å². The van der Waals surface area contributed by atoms with E-state index in [0.29, 0.717) is 12.4 Å². The van der Waals surface area contributed by atoms with Crippen LogP contribution >= 0.6 is 0 Å². The molecule has 2 N–H and O–H groups in total. The zero-order valence-corrected chi connectivity index (χ0v) is 16.1. The fourth-order valence-corrected chi connectivity index (χ4v) is 4.60. The minimum Gasteiger partial charge on any atom is -0.472 e. The molecule has 0 spiro atoms. The summed E-state index contributed by atoms with van der Waals surface area (Å²) in [6.07, 6.45) is 3.96. The molecule has 8 heteroatoms. The third kappa shape index (κ3) is 4.82. The van der Waals surface area contributed by atoms with E-state index >= 15 is 0 Å². The summed E-state index contributed by atoms with van der Waals surface area (Å²) >= 11 is 0. The highest BCUT2D eigenvalue weighted by Crippen LogP contribution is 2.39. The first-order valence-corrected chi connectivity index (χ1v) is 10.0. The lowest BCUT2D eigenvalue weighted by molar-refractivity contribution is 0.0602. The van der Waals surface area contributed by atoms with E-state index in [1.807, 2.05) is 12.1 Å². The Balaban J connectivity index is 1.52. The van der Waals surface area contributed by atoms with Crippen LogP contribution in [0.25, 0.3) is 0 Å². The first-order chi connectivity index (χ1) is 14.1. The van der Waals surface area contributed by atoms with Crippen LogP contribution in [-0.4, -0.2) is 57.6 Å². The van der Waals surface area contributed by atoms with Crippen molar-refractivity contribution < 1.29 is 19.0 Å². The Kier molecular flexibility index (Phi) is 5.89. The van der Waals surface area contributed by atoms with Gasteiger partial charge in [0.15, 0.2) is 0 Å². The highest BCUT2D eigenvalue weighted by molar-refractivity contribution is 5.64. The van der Waals surface area contributed by atoms with Crippen molar-refractivity contribution in [1.82, 2.24) is 20.4 Å². The molecule has 4 unspecified atom stereocenters. The lowest BCUT2D eigenvalue weighted by Gasteiger charge is -2.38. The second-order valence-corrected chi connectivity index (χ2v) is 7.79. The molecule has 2 fully saturated rings. The summed E-state index contributed by atoms with van der Waals surface area (Å²) in [5.74, 6) is 0.490. The number of amides is 1. The van der Waals surface area contributed by atoms with Crippen molar-refractivity contribution in [3.8, 4) is 5.88 Å². The molecule has 4 rings (SSSR count). The molecule has 2 heterocycles. The van der Waals surface area contributed by atoms with Gasteiger partial charge in [-0.15, -0.1) is 5.10 Å². The quantitative estimate of drug-likeness (QED) is 0.802. The van der Waals surface area contributed by atoms with Gasteiger partial charge >= 0.3 is 6.09 Å². The Morgan fingerprint density at radius 1 is 1.24 bits per heavy atom. The maximum absolute atomic E-state index is 13.3.